The molecule has 1 heterocycles. The monoisotopic (exact) mass is 494 g/mol. The molecule has 3 atom stereocenters. The number of piperidine rings is 1. The lowest BCUT2D eigenvalue weighted by Crippen LogP contribution is -2.52. The average molecular weight is 495 g/mol. The van der Waals surface area contributed by atoms with E-state index in [1.54, 1.807) is 6.07 Å². The van der Waals surface area contributed by atoms with E-state index < -0.39 is 12.2 Å². The summed E-state index contributed by atoms with van der Waals surface area (Å²) in [7, 11) is 3.20. The van der Waals surface area contributed by atoms with Crippen LogP contribution in [0.5, 0.6) is 0 Å². The van der Waals surface area contributed by atoms with Crippen molar-refractivity contribution in [3.63, 3.8) is 0 Å². The van der Waals surface area contributed by atoms with Gasteiger partial charge in [0.2, 0.25) is 0 Å². The zero-order valence-electron chi connectivity index (χ0n) is 21.9. The summed E-state index contributed by atoms with van der Waals surface area (Å²) in [5, 5.41) is 9.01. The Morgan fingerprint density at radius 2 is 2.09 bits per heavy atom. The lowest BCUT2D eigenvalue weighted by molar-refractivity contribution is -0.00882. The normalized spacial score (nSPS) is 18.0. The fourth-order valence-corrected chi connectivity index (χ4v) is 4.54. The molecule has 0 bridgehead atoms. The first-order valence-electron chi connectivity index (χ1n) is 12.6. The molecule has 1 aliphatic heterocycles. The molecule has 2 rings (SSSR count). The number of hydrogen-bond acceptors (Lipinski definition) is 5. The molecule has 3 N–H and O–H groups in total. The van der Waals surface area contributed by atoms with E-state index in [4.69, 9.17) is 4.74 Å². The summed E-state index contributed by atoms with van der Waals surface area (Å²) in [6, 6.07) is 6.34. The summed E-state index contributed by atoms with van der Waals surface area (Å²) in [5.41, 5.74) is 0.862. The van der Waals surface area contributed by atoms with Crippen LogP contribution in [0.25, 0.3) is 0 Å². The second-order valence-corrected chi connectivity index (χ2v) is 10.0. The molecule has 0 aliphatic carbocycles. The van der Waals surface area contributed by atoms with Gasteiger partial charge in [-0.25, -0.2) is 14.0 Å². The van der Waals surface area contributed by atoms with Crippen LogP contribution in [0, 0.1) is 17.2 Å². The Morgan fingerprint density at radius 3 is 2.74 bits per heavy atom. The van der Waals surface area contributed by atoms with E-state index >= 15 is 0 Å². The molecule has 9 heteroatoms. The Labute approximate surface area is 209 Å². The molecule has 8 nitrogen and oxygen atoms in total. The van der Waals surface area contributed by atoms with E-state index in [0.29, 0.717) is 19.6 Å². The molecule has 35 heavy (non-hydrogen) atoms. The molecule has 1 fully saturated rings. The number of amides is 3. The third-order valence-corrected chi connectivity index (χ3v) is 6.74. The lowest BCUT2D eigenvalue weighted by Gasteiger charge is -2.38. The lowest BCUT2D eigenvalue weighted by atomic mass is 9.83. The quantitative estimate of drug-likeness (QED) is 0.381. The highest BCUT2D eigenvalue weighted by atomic mass is 19.1. The molecular formula is C26H43FN4O4. The minimum Gasteiger partial charge on any atom is -0.453 e. The second-order valence-electron chi connectivity index (χ2n) is 10.0. The van der Waals surface area contributed by atoms with Crippen molar-refractivity contribution in [1.29, 1.82) is 0 Å². The molecule has 0 aromatic heterocycles. The number of carbonyl (C=O) groups is 2. The number of nitrogens with one attached hydrogen (secondary N) is 3. The van der Waals surface area contributed by atoms with Crippen molar-refractivity contribution in [1.82, 2.24) is 20.9 Å². The van der Waals surface area contributed by atoms with E-state index in [2.05, 4.69) is 41.5 Å². The number of halogens is 1. The van der Waals surface area contributed by atoms with Gasteiger partial charge < -0.3 is 30.3 Å². The number of methoxy groups -OCH3 is 1. The molecule has 3 amide bonds. The fraction of sp³-hybridized carbons (Fsp3) is 0.692. The van der Waals surface area contributed by atoms with Gasteiger partial charge in [-0.1, -0.05) is 39.3 Å². The van der Waals surface area contributed by atoms with E-state index in [0.717, 1.165) is 31.2 Å². The van der Waals surface area contributed by atoms with Crippen LogP contribution < -0.4 is 16.0 Å². The molecule has 1 aromatic carbocycles. The van der Waals surface area contributed by atoms with E-state index in [-0.39, 0.29) is 42.4 Å². The molecule has 1 aromatic rings. The van der Waals surface area contributed by atoms with Gasteiger partial charge in [0.15, 0.2) is 0 Å². The molecule has 2 unspecified atom stereocenters. The van der Waals surface area contributed by atoms with Crippen molar-refractivity contribution >= 4 is 12.1 Å². The van der Waals surface area contributed by atoms with Gasteiger partial charge in [0.05, 0.1) is 19.8 Å². The zero-order chi connectivity index (χ0) is 25.8. The third-order valence-electron chi connectivity index (χ3n) is 6.74. The predicted octanol–water partition coefficient (Wildman–Crippen LogP) is 4.08. The Hall–Kier alpha value is -2.39. The Balaban J connectivity index is 2.08. The van der Waals surface area contributed by atoms with Gasteiger partial charge in [0, 0.05) is 38.1 Å². The molecule has 0 saturated carbocycles. The summed E-state index contributed by atoms with van der Waals surface area (Å²) in [6.07, 6.45) is 2.69. The van der Waals surface area contributed by atoms with Crippen molar-refractivity contribution in [2.24, 2.45) is 11.3 Å². The summed E-state index contributed by atoms with van der Waals surface area (Å²) in [4.78, 5) is 26.4. The van der Waals surface area contributed by atoms with E-state index in [1.165, 1.54) is 19.2 Å². The third kappa shape index (κ3) is 9.64. The number of hydrogen-bond donors (Lipinski definition) is 3. The number of ether oxygens (including phenoxy) is 2. The number of likely N-dealkylation sites (tertiary alicyclic amines) is 1. The highest BCUT2D eigenvalue weighted by Gasteiger charge is 2.32. The maximum atomic E-state index is 14.0. The van der Waals surface area contributed by atoms with Gasteiger partial charge >= 0.3 is 12.1 Å². The highest BCUT2D eigenvalue weighted by Crippen LogP contribution is 2.33. The SMILES string of the molecule is CCC(C)(C)CC(CNC)NC(=O)N1CCCC([C@@H](OCCNC(=O)OC)c2cccc(F)c2)C1. The van der Waals surface area contributed by atoms with Crippen molar-refractivity contribution < 1.29 is 23.5 Å². The summed E-state index contributed by atoms with van der Waals surface area (Å²) in [5.74, 6) is -0.327. The van der Waals surface area contributed by atoms with Crippen LogP contribution in [0.4, 0.5) is 14.0 Å². The number of nitrogens with zero attached hydrogens (tertiary/aromatic N) is 1. The maximum Gasteiger partial charge on any atom is 0.406 e. The van der Waals surface area contributed by atoms with E-state index in [9.17, 15) is 14.0 Å². The van der Waals surface area contributed by atoms with Crippen LogP contribution in [-0.4, -0.2) is 70.0 Å². The molecule has 1 aliphatic rings. The van der Waals surface area contributed by atoms with Gasteiger partial charge in [-0.2, -0.15) is 0 Å². The summed E-state index contributed by atoms with van der Waals surface area (Å²) >= 11 is 0. The van der Waals surface area contributed by atoms with Crippen LogP contribution in [-0.2, 0) is 9.47 Å². The van der Waals surface area contributed by atoms with Gasteiger partial charge in [-0.05, 0) is 49.4 Å². The molecule has 198 valence electrons. The standard InChI is InChI=1S/C26H43FN4O4/c1-6-26(2,3)16-22(17-28-4)30-24(32)31-13-8-10-20(18-31)23(19-9-7-11-21(27)15-19)35-14-12-29-25(33)34-5/h7,9,11,15,20,22-23,28H,6,8,10,12-14,16-18H2,1-5H3,(H,29,33)(H,30,32)/t20?,22?,23-/m0/s1. The van der Waals surface area contributed by atoms with Crippen molar-refractivity contribution in [2.75, 3.05) is 46.9 Å². The zero-order valence-corrected chi connectivity index (χ0v) is 21.9. The summed E-state index contributed by atoms with van der Waals surface area (Å²) in [6.45, 7) is 9.01. The Morgan fingerprint density at radius 1 is 1.31 bits per heavy atom. The largest absolute Gasteiger partial charge is 0.453 e. The average Bonchev–Trinajstić information content (AvgIpc) is 2.83. The van der Waals surface area contributed by atoms with Crippen LogP contribution in [0.15, 0.2) is 24.3 Å². The number of likely N-dealkylation sites (N-methyl/N-ethyl adjacent to an activating group) is 1. The first-order chi connectivity index (χ1) is 16.7. The van der Waals surface area contributed by atoms with Crippen LogP contribution >= 0.6 is 0 Å². The predicted molar refractivity (Wildman–Crippen MR) is 135 cm³/mol. The number of alkyl carbamates (subject to hydrolysis) is 1. The van der Waals surface area contributed by atoms with Gasteiger partial charge in [-0.3, -0.25) is 0 Å². The number of urea groups is 1. The number of rotatable bonds is 12. The molecule has 0 radical (unpaired) electrons. The second kappa shape index (κ2) is 14.2. The summed E-state index contributed by atoms with van der Waals surface area (Å²) < 4.78 is 24.7. The maximum absolute atomic E-state index is 14.0. The minimum atomic E-state index is -0.529. The van der Waals surface area contributed by atoms with Crippen molar-refractivity contribution in [2.45, 2.75) is 58.6 Å². The Kier molecular flexibility index (Phi) is 11.7. The van der Waals surface area contributed by atoms with Crippen LogP contribution in [0.1, 0.15) is 58.1 Å². The van der Waals surface area contributed by atoms with Gasteiger partial charge in [-0.15, -0.1) is 0 Å². The van der Waals surface area contributed by atoms with Crippen LogP contribution in [0.2, 0.25) is 0 Å². The van der Waals surface area contributed by atoms with Crippen LogP contribution in [0.3, 0.4) is 0 Å². The Bertz CT molecular complexity index is 807. The number of carbonyl (C=O) groups excluding carboxylic acids is 2. The fourth-order valence-electron chi connectivity index (χ4n) is 4.54. The molecule has 0 spiro atoms. The van der Waals surface area contributed by atoms with Crippen molar-refractivity contribution in [3.05, 3.63) is 35.6 Å². The first-order valence-corrected chi connectivity index (χ1v) is 12.6. The van der Waals surface area contributed by atoms with Gasteiger partial charge in [0.25, 0.3) is 0 Å². The van der Waals surface area contributed by atoms with E-state index in [1.807, 2.05) is 18.0 Å². The molecular weight excluding hydrogens is 451 g/mol. The van der Waals surface area contributed by atoms with Gasteiger partial charge in [0.1, 0.15) is 5.82 Å². The first kappa shape index (κ1) is 28.8. The topological polar surface area (TPSA) is 91.9 Å². The smallest absolute Gasteiger partial charge is 0.406 e. The van der Waals surface area contributed by atoms with Crippen molar-refractivity contribution in [3.8, 4) is 0 Å². The number of benzene rings is 1. The highest BCUT2D eigenvalue weighted by molar-refractivity contribution is 5.74. The molecule has 1 saturated heterocycles. The minimum absolute atomic E-state index is 0.00394.